The SMILES string of the molecule is CO[C@H]1O[C@H]2CC[C@H]3[C@H]2[C@H]2[C@H]4[C@H]5[C@H]6[C@@H]7[C@H]8CC[C@H]7OC(=O)[C@]6([C@@H]34)[C@@]12[C@@H]85. The molecule has 0 aromatic heterocycles. The average molecular weight is 340 g/mol. The van der Waals surface area contributed by atoms with Gasteiger partial charge in [0.05, 0.1) is 11.5 Å². The van der Waals surface area contributed by atoms with Gasteiger partial charge in [-0.05, 0) is 78.9 Å². The fourth-order valence-electron chi connectivity index (χ4n) is 12.5. The molecule has 2 spiro atoms. The molecule has 0 aromatic rings. The summed E-state index contributed by atoms with van der Waals surface area (Å²) in [5, 5.41) is 0. The minimum absolute atomic E-state index is 0.0258. The largest absolute Gasteiger partial charge is 0.462 e. The number of esters is 1. The molecule has 0 amide bonds. The Morgan fingerprint density at radius 2 is 1.60 bits per heavy atom. The van der Waals surface area contributed by atoms with Crippen molar-refractivity contribution in [3.8, 4) is 0 Å². The van der Waals surface area contributed by atoms with Crippen LogP contribution in [0.1, 0.15) is 25.7 Å². The maximum Gasteiger partial charge on any atom is 0.313 e. The molecular formula is C21H24O4. The summed E-state index contributed by atoms with van der Waals surface area (Å²) in [5.74, 6) is 7.33. The Labute approximate surface area is 146 Å². The Morgan fingerprint density at radius 1 is 0.880 bits per heavy atom. The molecule has 15 atom stereocenters. The van der Waals surface area contributed by atoms with Crippen LogP contribution >= 0.6 is 0 Å². The molecule has 0 aromatic carbocycles. The normalized spacial score (nSPS) is 79.1. The Bertz CT molecular complexity index is 762. The van der Waals surface area contributed by atoms with Crippen LogP contribution in [0.25, 0.3) is 0 Å². The van der Waals surface area contributed by atoms with E-state index in [0.29, 0.717) is 35.7 Å². The lowest BCUT2D eigenvalue weighted by atomic mass is 9.42. The van der Waals surface area contributed by atoms with Gasteiger partial charge >= 0.3 is 5.97 Å². The fraction of sp³-hybridized carbons (Fsp3) is 0.952. The molecule has 2 saturated heterocycles. The van der Waals surface area contributed by atoms with Gasteiger partial charge in [0.2, 0.25) is 0 Å². The second-order valence-corrected chi connectivity index (χ2v) is 10.9. The molecule has 0 unspecified atom stereocenters. The first-order valence-corrected chi connectivity index (χ1v) is 10.7. The van der Waals surface area contributed by atoms with E-state index < -0.39 is 0 Å². The number of carbonyl (C=O) groups is 1. The standard InChI is InChI=1S/C21H24O4/c1-23-19-21-15-7-2-4-8-10(7)16-13(15)12-14(20(16,21)18(22)24-8)6-3-5-9(25-19)11(6)17(12)21/h6-17,19H,2-5H2,1H3/t6-,7+,8+,9-,10+,11+,12-,13+,14-,15-,16+,17-,19-,20+,21+/m0/s1. The van der Waals surface area contributed by atoms with Crippen molar-refractivity contribution in [2.45, 2.75) is 44.2 Å². The lowest BCUT2D eigenvalue weighted by Gasteiger charge is -2.65. The number of carbonyl (C=O) groups excluding carboxylic acids is 1. The van der Waals surface area contributed by atoms with E-state index in [1.807, 2.05) is 7.11 Å². The zero-order valence-electron chi connectivity index (χ0n) is 14.5. The molecule has 4 heteroatoms. The van der Waals surface area contributed by atoms with Crippen LogP contribution in [0.15, 0.2) is 0 Å². The van der Waals surface area contributed by atoms with Crippen molar-refractivity contribution in [1.82, 2.24) is 0 Å². The number of rotatable bonds is 1. The van der Waals surface area contributed by atoms with Crippen molar-refractivity contribution < 1.29 is 19.0 Å². The van der Waals surface area contributed by atoms with E-state index in [1.165, 1.54) is 19.3 Å². The number of methoxy groups -OCH3 is 1. The van der Waals surface area contributed by atoms with Crippen LogP contribution in [-0.4, -0.2) is 31.6 Å². The van der Waals surface area contributed by atoms with Gasteiger partial charge in [-0.3, -0.25) is 4.79 Å². The summed E-state index contributed by atoms with van der Waals surface area (Å²) in [6.45, 7) is 0. The summed E-state index contributed by atoms with van der Waals surface area (Å²) in [7, 11) is 1.83. The predicted octanol–water partition coefficient (Wildman–Crippen LogP) is 2.07. The molecule has 4 nitrogen and oxygen atoms in total. The van der Waals surface area contributed by atoms with E-state index in [0.717, 1.165) is 36.0 Å². The van der Waals surface area contributed by atoms with Crippen molar-refractivity contribution in [2.75, 3.05) is 7.11 Å². The lowest BCUT2D eigenvalue weighted by Crippen LogP contribution is -2.72. The minimum Gasteiger partial charge on any atom is -0.462 e. The van der Waals surface area contributed by atoms with Gasteiger partial charge in [0.25, 0.3) is 0 Å². The number of hydrogen-bond acceptors (Lipinski definition) is 4. The van der Waals surface area contributed by atoms with Gasteiger partial charge in [-0.2, -0.15) is 0 Å². The molecule has 25 heavy (non-hydrogen) atoms. The third kappa shape index (κ3) is 0.790. The van der Waals surface area contributed by atoms with Crippen molar-refractivity contribution >= 4 is 5.97 Å². The molecule has 2 aliphatic heterocycles. The molecular weight excluding hydrogens is 316 g/mol. The van der Waals surface area contributed by atoms with Crippen LogP contribution in [0.4, 0.5) is 0 Å². The van der Waals surface area contributed by atoms with Gasteiger partial charge in [-0.1, -0.05) is 0 Å². The molecule has 8 bridgehead atoms. The monoisotopic (exact) mass is 340 g/mol. The van der Waals surface area contributed by atoms with Crippen molar-refractivity contribution in [3.63, 3.8) is 0 Å². The smallest absolute Gasteiger partial charge is 0.313 e. The molecule has 10 fully saturated rings. The maximum absolute atomic E-state index is 13.7. The van der Waals surface area contributed by atoms with Crippen molar-refractivity contribution in [1.29, 1.82) is 0 Å². The Hall–Kier alpha value is -0.610. The van der Waals surface area contributed by atoms with E-state index in [-0.39, 0.29) is 29.2 Å². The third-order valence-electron chi connectivity index (χ3n) is 11.6. The second-order valence-electron chi connectivity index (χ2n) is 10.9. The molecule has 10 aliphatic rings. The fourth-order valence-corrected chi connectivity index (χ4v) is 12.5. The van der Waals surface area contributed by atoms with E-state index >= 15 is 0 Å². The van der Waals surface area contributed by atoms with Crippen LogP contribution in [0.2, 0.25) is 0 Å². The summed E-state index contributed by atoms with van der Waals surface area (Å²) in [6, 6.07) is 0. The van der Waals surface area contributed by atoms with Crippen molar-refractivity contribution in [2.24, 2.45) is 70.0 Å². The topological polar surface area (TPSA) is 44.8 Å². The molecule has 8 saturated carbocycles. The van der Waals surface area contributed by atoms with Gasteiger partial charge in [0.15, 0.2) is 6.29 Å². The number of hydrogen-bond donors (Lipinski definition) is 0. The van der Waals surface area contributed by atoms with E-state index in [4.69, 9.17) is 14.2 Å². The second kappa shape index (κ2) is 3.22. The molecule has 0 N–H and O–H groups in total. The summed E-state index contributed by atoms with van der Waals surface area (Å²) in [4.78, 5) is 13.7. The maximum atomic E-state index is 13.7. The first kappa shape index (κ1) is 12.7. The van der Waals surface area contributed by atoms with E-state index in [1.54, 1.807) is 0 Å². The third-order valence-corrected chi connectivity index (χ3v) is 11.6. The number of ether oxygens (including phenoxy) is 3. The Balaban J connectivity index is 1.42. The van der Waals surface area contributed by atoms with E-state index in [2.05, 4.69) is 0 Å². The Kier molecular flexibility index (Phi) is 1.64. The predicted molar refractivity (Wildman–Crippen MR) is 83.8 cm³/mol. The van der Waals surface area contributed by atoms with Crippen LogP contribution in [0.3, 0.4) is 0 Å². The average Bonchev–Trinajstić information content (AvgIpc) is 3.38. The summed E-state index contributed by atoms with van der Waals surface area (Å²) in [6.07, 6.45) is 5.34. The molecule has 8 aliphatic carbocycles. The first-order chi connectivity index (χ1) is 12.3. The zero-order valence-corrected chi connectivity index (χ0v) is 14.5. The minimum atomic E-state index is -0.225. The lowest BCUT2D eigenvalue weighted by molar-refractivity contribution is -0.341. The highest BCUT2D eigenvalue weighted by molar-refractivity contribution is 5.85. The molecule has 10 rings (SSSR count). The molecule has 0 radical (unpaired) electrons. The summed E-state index contributed by atoms with van der Waals surface area (Å²) in [5.41, 5.74) is -0.251. The van der Waals surface area contributed by atoms with E-state index in [9.17, 15) is 4.79 Å². The Morgan fingerprint density at radius 3 is 2.44 bits per heavy atom. The summed E-state index contributed by atoms with van der Waals surface area (Å²) < 4.78 is 19.0. The highest BCUT2D eigenvalue weighted by Gasteiger charge is 3.02. The van der Waals surface area contributed by atoms with Crippen LogP contribution in [0.5, 0.6) is 0 Å². The first-order valence-electron chi connectivity index (χ1n) is 10.7. The van der Waals surface area contributed by atoms with Crippen LogP contribution < -0.4 is 0 Å². The molecule has 2 heterocycles. The van der Waals surface area contributed by atoms with Crippen molar-refractivity contribution in [3.05, 3.63) is 0 Å². The van der Waals surface area contributed by atoms with Gasteiger partial charge in [-0.25, -0.2) is 0 Å². The van der Waals surface area contributed by atoms with Gasteiger partial charge in [-0.15, -0.1) is 0 Å². The van der Waals surface area contributed by atoms with Gasteiger partial charge < -0.3 is 14.2 Å². The quantitative estimate of drug-likeness (QED) is 0.686. The van der Waals surface area contributed by atoms with Crippen LogP contribution in [-0.2, 0) is 19.0 Å². The van der Waals surface area contributed by atoms with Gasteiger partial charge in [0.1, 0.15) is 6.10 Å². The highest BCUT2D eigenvalue weighted by atomic mass is 16.7. The molecule has 132 valence electrons. The van der Waals surface area contributed by atoms with Gasteiger partial charge in [0, 0.05) is 18.4 Å². The summed E-state index contributed by atoms with van der Waals surface area (Å²) >= 11 is 0. The zero-order chi connectivity index (χ0) is 16.0. The highest BCUT2D eigenvalue weighted by Crippen LogP contribution is 2.99. The van der Waals surface area contributed by atoms with Crippen LogP contribution in [0, 0.1) is 70.0 Å².